The maximum absolute atomic E-state index is 15.4. The van der Waals surface area contributed by atoms with Gasteiger partial charge in [-0.3, -0.25) is 13.4 Å². The summed E-state index contributed by atoms with van der Waals surface area (Å²) in [5, 5.41) is 21.8. The molecule has 85 heavy (non-hydrogen) atoms. The monoisotopic (exact) mass is 1240 g/mol. The highest BCUT2D eigenvalue weighted by Crippen LogP contribution is 2.49. The van der Waals surface area contributed by atoms with Crippen molar-refractivity contribution in [2.24, 2.45) is 0 Å². The molecular formula is C57H50F12N4O10S2. The quantitative estimate of drug-likeness (QED) is 0.0882. The van der Waals surface area contributed by atoms with Crippen molar-refractivity contribution < 1.29 is 98.7 Å². The zero-order chi connectivity index (χ0) is 61.3. The highest BCUT2D eigenvalue weighted by molar-refractivity contribution is 7.93. The van der Waals surface area contributed by atoms with Crippen molar-refractivity contribution >= 4 is 48.8 Å². The lowest BCUT2D eigenvalue weighted by atomic mass is 9.80. The fraction of sp³-hybridized carbons (Fsp3) is 0.351. The molecule has 454 valence electrons. The van der Waals surface area contributed by atoms with Crippen molar-refractivity contribution in [3.63, 3.8) is 0 Å². The molecule has 6 aromatic rings. The van der Waals surface area contributed by atoms with Gasteiger partial charge in [-0.25, -0.2) is 25.6 Å². The number of sulfonamides is 2. The molecule has 0 amide bonds. The molecule has 2 fully saturated rings. The number of aliphatic carboxylic acids is 1. The maximum atomic E-state index is 15.4. The smallest absolute Gasteiger partial charge is 0.416 e. The molecule has 4 aliphatic rings. The van der Waals surface area contributed by atoms with Crippen LogP contribution in [0.25, 0.3) is 22.3 Å². The number of halogens is 12. The van der Waals surface area contributed by atoms with Crippen molar-refractivity contribution in [1.82, 2.24) is 0 Å². The first kappa shape index (κ1) is 60.7. The van der Waals surface area contributed by atoms with E-state index in [0.717, 1.165) is 51.1 Å². The number of aliphatic hydroxyl groups is 1. The number of hydrogen-bond acceptors (Lipinski definition) is 11. The topological polar surface area (TPSA) is 166 Å². The van der Waals surface area contributed by atoms with Crippen LogP contribution in [0.1, 0.15) is 55.7 Å². The van der Waals surface area contributed by atoms with Crippen LogP contribution in [0.3, 0.4) is 0 Å². The molecule has 2 saturated heterocycles. The van der Waals surface area contributed by atoms with E-state index in [4.69, 9.17) is 4.74 Å². The fourth-order valence-corrected chi connectivity index (χ4v) is 14.9. The van der Waals surface area contributed by atoms with Crippen LogP contribution in [0.4, 0.5) is 75.4 Å². The van der Waals surface area contributed by atoms with Gasteiger partial charge < -0.3 is 34.2 Å². The van der Waals surface area contributed by atoms with Gasteiger partial charge in [0.05, 0.1) is 93.1 Å². The van der Waals surface area contributed by atoms with Crippen molar-refractivity contribution in [2.75, 3.05) is 51.2 Å². The number of benzene rings is 6. The number of carboxylic acids is 1. The SMILES string of the molecule is C[C@]1(OCCC(=O)O)CCN2c3ccc(-c4cc(F)cc(OC(F)F)c4)cc3N(S(=O)(=O)c3cc(C[C@]4(O)CCN5c6ccc(-c7cc(F)cc(OC(F)F)c7)cc6N(S(=O)(=O)c6cccc(C(F)(F)F)c6)C[C@@H]5C4)cc(C(F)(F)F)c3)C[C@@H]2C1. The van der Waals surface area contributed by atoms with Gasteiger partial charge in [-0.1, -0.05) is 18.2 Å². The summed E-state index contributed by atoms with van der Waals surface area (Å²) in [4.78, 5) is 13.1. The third-order valence-electron chi connectivity index (χ3n) is 15.5. The van der Waals surface area contributed by atoms with E-state index in [9.17, 15) is 62.9 Å². The summed E-state index contributed by atoms with van der Waals surface area (Å²) >= 11 is 0. The van der Waals surface area contributed by atoms with Crippen LogP contribution >= 0.6 is 0 Å². The Morgan fingerprint density at radius 1 is 0.612 bits per heavy atom. The summed E-state index contributed by atoms with van der Waals surface area (Å²) in [6.07, 6.45) is -11.5. The first-order valence-electron chi connectivity index (χ1n) is 26.1. The highest BCUT2D eigenvalue weighted by Gasteiger charge is 2.48. The second-order valence-electron chi connectivity index (χ2n) is 21.4. The first-order chi connectivity index (χ1) is 39.8. The molecule has 0 aliphatic carbocycles. The van der Waals surface area contributed by atoms with E-state index >= 15 is 21.6 Å². The van der Waals surface area contributed by atoms with Crippen LogP contribution in [0.5, 0.6) is 11.5 Å². The molecule has 4 heterocycles. The minimum atomic E-state index is -5.21. The lowest BCUT2D eigenvalue weighted by molar-refractivity contribution is -0.140. The number of alkyl halides is 10. The van der Waals surface area contributed by atoms with Crippen LogP contribution in [0, 0.1) is 11.6 Å². The summed E-state index contributed by atoms with van der Waals surface area (Å²) < 4.78 is 247. The second kappa shape index (κ2) is 22.4. The zero-order valence-electron chi connectivity index (χ0n) is 44.4. The Kier molecular flexibility index (Phi) is 16.0. The largest absolute Gasteiger partial charge is 0.481 e. The second-order valence-corrected chi connectivity index (χ2v) is 25.1. The predicted octanol–water partition coefficient (Wildman–Crippen LogP) is 12.1. The number of rotatable bonds is 16. The Hall–Kier alpha value is -7.43. The van der Waals surface area contributed by atoms with E-state index in [-0.39, 0.29) is 89.5 Å². The Bertz CT molecular complexity index is 3800. The molecule has 0 saturated carbocycles. The third-order valence-corrected chi connectivity index (χ3v) is 19.0. The zero-order valence-corrected chi connectivity index (χ0v) is 46.0. The number of carbonyl (C=O) groups is 1. The number of ether oxygens (including phenoxy) is 3. The standard InChI is InChI=1S/C57H50F12N4O10S2/c1-54(81-14-9-51(74)75)10-12-70-41(28-54)30-73(50-22-34(5-7-47(50)70)36-18-40(59)26-44(20-36)83-53(62)63)85(79,80)46-16-32(15-38(24-46)57(67,68)69)27-55(76)11-13-71-42(29-55)31-72(84(77,78)45-4-2-3-37(23-45)56(64,65)66)49-21-33(6-8-48(49)71)35-17-39(58)25-43(19-35)82-52(60)61/h2-8,15-26,41-42,52-53,76H,9-14,27-31H2,1H3,(H,74,75)/t41-,42-,54-,55+/m0/s1. The molecule has 4 atom stereocenters. The van der Waals surface area contributed by atoms with Gasteiger partial charge in [0, 0.05) is 31.6 Å². The molecule has 4 aliphatic heterocycles. The summed E-state index contributed by atoms with van der Waals surface area (Å²) in [6.45, 7) is -6.17. The van der Waals surface area contributed by atoms with Gasteiger partial charge in [0.1, 0.15) is 23.1 Å². The molecule has 6 aromatic carbocycles. The minimum Gasteiger partial charge on any atom is -0.481 e. The van der Waals surface area contributed by atoms with Gasteiger partial charge in [0.15, 0.2) is 0 Å². The van der Waals surface area contributed by atoms with Crippen molar-refractivity contribution in [3.05, 3.63) is 144 Å². The Labute approximate surface area is 478 Å². The molecular weight excluding hydrogens is 1190 g/mol. The molecule has 10 rings (SSSR count). The van der Waals surface area contributed by atoms with Crippen LogP contribution in [0.2, 0.25) is 0 Å². The van der Waals surface area contributed by atoms with Gasteiger partial charge in [0.25, 0.3) is 20.0 Å². The van der Waals surface area contributed by atoms with E-state index in [1.165, 1.54) is 36.4 Å². The van der Waals surface area contributed by atoms with E-state index in [1.807, 2.05) is 4.90 Å². The fourth-order valence-electron chi connectivity index (χ4n) is 11.7. The molecule has 0 spiro atoms. The van der Waals surface area contributed by atoms with Crippen LogP contribution in [0.15, 0.2) is 125 Å². The lowest BCUT2D eigenvalue weighted by Gasteiger charge is -2.51. The molecule has 14 nitrogen and oxygen atoms in total. The third kappa shape index (κ3) is 12.8. The predicted molar refractivity (Wildman–Crippen MR) is 285 cm³/mol. The molecule has 0 unspecified atom stereocenters. The molecule has 0 radical (unpaired) electrons. The molecule has 0 aromatic heterocycles. The summed E-state index contributed by atoms with van der Waals surface area (Å²) in [7, 11) is -10.2. The summed E-state index contributed by atoms with van der Waals surface area (Å²) in [5.41, 5.74) is -6.03. The van der Waals surface area contributed by atoms with E-state index in [1.54, 1.807) is 11.8 Å². The Morgan fingerprint density at radius 3 is 1.64 bits per heavy atom. The van der Waals surface area contributed by atoms with E-state index in [0.29, 0.717) is 42.8 Å². The number of anilines is 4. The van der Waals surface area contributed by atoms with Gasteiger partial charge in [0.2, 0.25) is 0 Å². The highest BCUT2D eigenvalue weighted by atomic mass is 32.2. The number of carboxylic acid groups (broad SMARTS) is 1. The molecule has 2 N–H and O–H groups in total. The van der Waals surface area contributed by atoms with Gasteiger partial charge >= 0.3 is 31.5 Å². The van der Waals surface area contributed by atoms with Crippen molar-refractivity contribution in [2.45, 2.75) is 104 Å². The van der Waals surface area contributed by atoms with Gasteiger partial charge in [-0.05, 0) is 145 Å². The van der Waals surface area contributed by atoms with Crippen LogP contribution in [-0.2, 0) is 48.4 Å². The van der Waals surface area contributed by atoms with E-state index in [2.05, 4.69) is 9.47 Å². The Morgan fingerprint density at radius 2 is 1.12 bits per heavy atom. The van der Waals surface area contributed by atoms with Crippen molar-refractivity contribution in [3.8, 4) is 33.8 Å². The minimum absolute atomic E-state index is 0.0401. The average molecular weight is 1240 g/mol. The molecule has 28 heteroatoms. The lowest BCUT2D eigenvalue weighted by Crippen LogP contribution is -2.59. The van der Waals surface area contributed by atoms with Crippen LogP contribution < -0.4 is 27.9 Å². The number of nitrogens with zero attached hydrogens (tertiary/aromatic N) is 4. The number of hydrogen-bond donors (Lipinski definition) is 2. The van der Waals surface area contributed by atoms with Crippen molar-refractivity contribution in [1.29, 1.82) is 0 Å². The van der Waals surface area contributed by atoms with E-state index < -0.39 is 145 Å². The normalized spacial score (nSPS) is 20.9. The number of piperidine rings is 2. The van der Waals surface area contributed by atoms with Gasteiger partial charge in [-0.2, -0.15) is 43.9 Å². The molecule has 0 bridgehead atoms. The summed E-state index contributed by atoms with van der Waals surface area (Å²) in [6, 6.07) is 16.6. The summed E-state index contributed by atoms with van der Waals surface area (Å²) in [5.74, 6) is -4.31. The average Bonchev–Trinajstić information content (AvgIpc) is 1.40. The van der Waals surface area contributed by atoms with Gasteiger partial charge in [-0.15, -0.1) is 0 Å². The Balaban J connectivity index is 1.02. The van der Waals surface area contributed by atoms with Crippen LogP contribution in [-0.4, -0.2) is 102 Å². The maximum Gasteiger partial charge on any atom is 0.416 e. The number of fused-ring (bicyclic) bond motifs is 6. The first-order valence-corrected chi connectivity index (χ1v) is 29.0.